The average Bonchev–Trinajstić information content (AvgIpc) is 2.56. The highest BCUT2D eigenvalue weighted by atomic mass is 16.5. The van der Waals surface area contributed by atoms with Gasteiger partial charge in [0.2, 0.25) is 0 Å². The Morgan fingerprint density at radius 1 is 1.50 bits per heavy atom. The third-order valence-corrected chi connectivity index (χ3v) is 4.81. The Hall–Kier alpha value is -2.16. The van der Waals surface area contributed by atoms with Gasteiger partial charge in [-0.1, -0.05) is 6.42 Å². The van der Waals surface area contributed by atoms with Gasteiger partial charge in [0.05, 0.1) is 18.8 Å². The summed E-state index contributed by atoms with van der Waals surface area (Å²) in [4.78, 5) is 16.6. The molecule has 8 nitrogen and oxygen atoms in total. The molecule has 0 spiro atoms. The number of carbonyl (C=O) groups is 1. The summed E-state index contributed by atoms with van der Waals surface area (Å²) in [6.45, 7) is 1.54. The van der Waals surface area contributed by atoms with E-state index in [9.17, 15) is 15.0 Å². The number of carbonyl (C=O) groups excluding carboxylic acids is 1. The van der Waals surface area contributed by atoms with Crippen molar-refractivity contribution < 1.29 is 19.7 Å². The summed E-state index contributed by atoms with van der Waals surface area (Å²) in [6, 6.07) is 5.09. The lowest BCUT2D eigenvalue weighted by molar-refractivity contribution is -0.118. The molecule has 0 aliphatic heterocycles. The molecule has 144 valence electrons. The standard InChI is InChI=1S/C18H28N4O4/c1-18(10-23,17(20)25)22-16(24)15(21-2)13-8-12(6-7-14(13)19)26-9-11-4-3-5-11/h6-8,11,17,23,25H,3-5,9-10,19-20H2,1-2H3,(H,22,24). The van der Waals surface area contributed by atoms with Crippen molar-refractivity contribution in [1.29, 1.82) is 0 Å². The highest BCUT2D eigenvalue weighted by molar-refractivity contribution is 6.46. The van der Waals surface area contributed by atoms with Gasteiger partial charge in [-0.2, -0.15) is 0 Å². The number of nitrogens with one attached hydrogen (secondary N) is 1. The summed E-state index contributed by atoms with van der Waals surface area (Å²) in [5.41, 5.74) is 10.9. The van der Waals surface area contributed by atoms with Crippen LogP contribution in [-0.2, 0) is 4.79 Å². The molecule has 1 aliphatic rings. The summed E-state index contributed by atoms with van der Waals surface area (Å²) in [7, 11) is 1.46. The van der Waals surface area contributed by atoms with Gasteiger partial charge >= 0.3 is 0 Å². The van der Waals surface area contributed by atoms with E-state index in [0.717, 1.165) is 0 Å². The molecule has 0 aromatic heterocycles. The first-order valence-corrected chi connectivity index (χ1v) is 8.67. The Bertz CT molecular complexity index is 673. The van der Waals surface area contributed by atoms with E-state index >= 15 is 0 Å². The van der Waals surface area contributed by atoms with Crippen molar-refractivity contribution in [2.75, 3.05) is 26.0 Å². The number of hydrogen-bond donors (Lipinski definition) is 5. The maximum absolute atomic E-state index is 12.6. The largest absolute Gasteiger partial charge is 0.493 e. The molecule has 0 bridgehead atoms. The summed E-state index contributed by atoms with van der Waals surface area (Å²) in [5.74, 6) is 0.588. The molecule has 1 fully saturated rings. The number of ether oxygens (including phenoxy) is 1. The van der Waals surface area contributed by atoms with Crippen molar-refractivity contribution in [2.24, 2.45) is 16.6 Å². The molecule has 0 saturated heterocycles. The number of rotatable bonds is 8. The molecule has 26 heavy (non-hydrogen) atoms. The average molecular weight is 364 g/mol. The van der Waals surface area contributed by atoms with Gasteiger partial charge < -0.3 is 31.7 Å². The van der Waals surface area contributed by atoms with Gasteiger partial charge in [-0.25, -0.2) is 0 Å². The molecular weight excluding hydrogens is 336 g/mol. The SMILES string of the molecule is CN=C(C(=O)NC(C)(CO)C(N)O)c1cc(OCC2CCC2)ccc1N. The van der Waals surface area contributed by atoms with Crippen LogP contribution < -0.4 is 21.5 Å². The predicted octanol–water partition coefficient (Wildman–Crippen LogP) is 0.0109. The number of aliphatic hydroxyl groups excluding tert-OH is 2. The Kier molecular flexibility index (Phi) is 6.57. The van der Waals surface area contributed by atoms with Gasteiger partial charge in [-0.3, -0.25) is 9.79 Å². The number of anilines is 1. The quantitative estimate of drug-likeness (QED) is 0.250. The summed E-state index contributed by atoms with van der Waals surface area (Å²) in [6.07, 6.45) is 2.15. The van der Waals surface area contributed by atoms with Gasteiger partial charge in [0.25, 0.3) is 5.91 Å². The van der Waals surface area contributed by atoms with Crippen LogP contribution in [0.4, 0.5) is 5.69 Å². The van der Waals surface area contributed by atoms with E-state index in [-0.39, 0.29) is 5.71 Å². The molecule has 1 aliphatic carbocycles. The van der Waals surface area contributed by atoms with Crippen molar-refractivity contribution in [3.63, 3.8) is 0 Å². The van der Waals surface area contributed by atoms with Gasteiger partial charge in [-0.15, -0.1) is 0 Å². The minimum atomic E-state index is -1.44. The molecule has 0 radical (unpaired) electrons. The number of nitrogen functional groups attached to an aromatic ring is 1. The monoisotopic (exact) mass is 364 g/mol. The number of nitrogens with two attached hydrogens (primary N) is 2. The lowest BCUT2D eigenvalue weighted by atomic mass is 9.86. The molecule has 2 unspecified atom stereocenters. The van der Waals surface area contributed by atoms with E-state index in [1.165, 1.54) is 33.2 Å². The molecule has 2 rings (SSSR count). The second-order valence-electron chi connectivity index (χ2n) is 6.90. The van der Waals surface area contributed by atoms with Crippen molar-refractivity contribution in [1.82, 2.24) is 5.32 Å². The van der Waals surface area contributed by atoms with E-state index in [1.54, 1.807) is 18.2 Å². The zero-order valence-electron chi connectivity index (χ0n) is 15.2. The van der Waals surface area contributed by atoms with Crippen molar-refractivity contribution in [3.8, 4) is 5.75 Å². The molecule has 2 atom stereocenters. The van der Waals surface area contributed by atoms with Crippen molar-refractivity contribution >= 4 is 17.3 Å². The number of benzene rings is 1. The maximum Gasteiger partial charge on any atom is 0.270 e. The number of aliphatic imine (C=N–C) groups is 1. The van der Waals surface area contributed by atoms with E-state index in [4.69, 9.17) is 16.2 Å². The van der Waals surface area contributed by atoms with Crippen LogP contribution in [0.5, 0.6) is 5.75 Å². The molecule has 1 aromatic rings. The zero-order valence-corrected chi connectivity index (χ0v) is 15.2. The van der Waals surface area contributed by atoms with Crippen LogP contribution in [0.3, 0.4) is 0 Å². The summed E-state index contributed by atoms with van der Waals surface area (Å²) in [5, 5.41) is 21.6. The third-order valence-electron chi connectivity index (χ3n) is 4.81. The lowest BCUT2D eigenvalue weighted by Crippen LogP contribution is -2.61. The Morgan fingerprint density at radius 2 is 2.19 bits per heavy atom. The van der Waals surface area contributed by atoms with Gasteiger partial charge in [0, 0.05) is 18.3 Å². The topological polar surface area (TPSA) is 143 Å². The molecule has 8 heteroatoms. The molecular formula is C18H28N4O4. The van der Waals surface area contributed by atoms with Crippen LogP contribution in [0, 0.1) is 5.92 Å². The van der Waals surface area contributed by atoms with Crippen LogP contribution in [-0.4, -0.2) is 53.9 Å². The first-order valence-electron chi connectivity index (χ1n) is 8.67. The van der Waals surface area contributed by atoms with Crippen LogP contribution in [0.1, 0.15) is 31.7 Å². The lowest BCUT2D eigenvalue weighted by Gasteiger charge is -2.31. The molecule has 1 amide bonds. The van der Waals surface area contributed by atoms with Gasteiger partial charge in [0.1, 0.15) is 17.7 Å². The van der Waals surface area contributed by atoms with Crippen LogP contribution in [0.15, 0.2) is 23.2 Å². The summed E-state index contributed by atoms with van der Waals surface area (Å²) >= 11 is 0. The van der Waals surface area contributed by atoms with E-state index in [0.29, 0.717) is 29.5 Å². The second kappa shape index (κ2) is 8.48. The first kappa shape index (κ1) is 20.2. The fraction of sp³-hybridized carbons (Fsp3) is 0.556. The van der Waals surface area contributed by atoms with Gasteiger partial charge in [0.15, 0.2) is 0 Å². The zero-order chi connectivity index (χ0) is 19.3. The van der Waals surface area contributed by atoms with E-state index in [1.807, 2.05) is 0 Å². The first-order chi connectivity index (χ1) is 12.3. The van der Waals surface area contributed by atoms with E-state index in [2.05, 4.69) is 10.3 Å². The van der Waals surface area contributed by atoms with Crippen molar-refractivity contribution in [3.05, 3.63) is 23.8 Å². The number of nitrogens with zero attached hydrogens (tertiary/aromatic N) is 1. The fourth-order valence-electron chi connectivity index (χ4n) is 2.57. The Balaban J connectivity index is 2.18. The second-order valence-corrected chi connectivity index (χ2v) is 6.90. The minimum Gasteiger partial charge on any atom is -0.493 e. The smallest absolute Gasteiger partial charge is 0.270 e. The summed E-state index contributed by atoms with van der Waals surface area (Å²) < 4.78 is 5.80. The van der Waals surface area contributed by atoms with Crippen LogP contribution in [0.25, 0.3) is 0 Å². The molecule has 1 saturated carbocycles. The molecule has 0 heterocycles. The normalized spacial score (nSPS) is 18.6. The fourth-order valence-corrected chi connectivity index (χ4v) is 2.57. The number of hydrogen-bond acceptors (Lipinski definition) is 7. The molecule has 7 N–H and O–H groups in total. The minimum absolute atomic E-state index is 0.0666. The highest BCUT2D eigenvalue weighted by Gasteiger charge is 2.33. The van der Waals surface area contributed by atoms with Gasteiger partial charge in [-0.05, 0) is 43.9 Å². The predicted molar refractivity (Wildman–Crippen MR) is 100.0 cm³/mol. The Morgan fingerprint density at radius 3 is 2.69 bits per heavy atom. The maximum atomic E-state index is 12.6. The van der Waals surface area contributed by atoms with Crippen LogP contribution >= 0.6 is 0 Å². The number of amides is 1. The number of aliphatic hydroxyl groups is 2. The molecule has 1 aromatic carbocycles. The third kappa shape index (κ3) is 4.51. The van der Waals surface area contributed by atoms with Crippen molar-refractivity contribution in [2.45, 2.75) is 38.0 Å². The van der Waals surface area contributed by atoms with Crippen LogP contribution in [0.2, 0.25) is 0 Å². The highest BCUT2D eigenvalue weighted by Crippen LogP contribution is 2.28. The Labute approximate surface area is 153 Å². The van der Waals surface area contributed by atoms with E-state index < -0.39 is 24.3 Å².